The van der Waals surface area contributed by atoms with E-state index in [-0.39, 0.29) is 17.1 Å². The molecule has 1 atom stereocenters. The van der Waals surface area contributed by atoms with Crippen LogP contribution in [0.5, 0.6) is 5.75 Å². The fourth-order valence-corrected chi connectivity index (χ4v) is 3.14. The molecule has 0 spiro atoms. The molecule has 11 nitrogen and oxygen atoms in total. The highest BCUT2D eigenvalue weighted by molar-refractivity contribution is 7.52. The van der Waals surface area contributed by atoms with Crippen LogP contribution in [0.1, 0.15) is 27.5 Å². The normalized spacial score (nSPS) is 13.3. The molecule has 0 aliphatic carbocycles. The van der Waals surface area contributed by atoms with Crippen molar-refractivity contribution in [2.75, 3.05) is 7.11 Å². The van der Waals surface area contributed by atoms with Crippen molar-refractivity contribution in [3.05, 3.63) is 76.1 Å². The summed E-state index contributed by atoms with van der Waals surface area (Å²) in [5.74, 6) is -2.21. The molecule has 1 heterocycles. The Kier molecular flexibility index (Phi) is 6.94. The molecule has 29 heavy (non-hydrogen) atoms. The van der Waals surface area contributed by atoms with E-state index < -0.39 is 30.4 Å². The number of ether oxygens (including phenoxy) is 1. The molecule has 0 saturated heterocycles. The Morgan fingerprint density at radius 2 is 2.00 bits per heavy atom. The molecular formula is C17H20N5O6P. The standard InChI is InChI=1S/C17H20N5O6P/c1-28-11-6-4-10(5-7-11)17(29(25,26)27)22-16(24)12-9-20-14(21-15(12)23)13(19)3-2-8-18/h2-9,17H,18-19H2,1H3,(H,22,24)(H,20,21,23)(H2,25,26,27)/b8-2-,13-3-. The van der Waals surface area contributed by atoms with Crippen LogP contribution in [0.3, 0.4) is 0 Å². The summed E-state index contributed by atoms with van der Waals surface area (Å²) in [6, 6.07) is 5.76. The molecule has 1 amide bonds. The minimum Gasteiger partial charge on any atom is -0.497 e. The van der Waals surface area contributed by atoms with Crippen molar-refractivity contribution in [1.82, 2.24) is 15.3 Å². The van der Waals surface area contributed by atoms with Crippen LogP contribution in [0.4, 0.5) is 0 Å². The Morgan fingerprint density at radius 3 is 2.52 bits per heavy atom. The van der Waals surface area contributed by atoms with Gasteiger partial charge in [-0.3, -0.25) is 14.2 Å². The Hall–Kier alpha value is -3.40. The van der Waals surface area contributed by atoms with Gasteiger partial charge < -0.3 is 36.3 Å². The lowest BCUT2D eigenvalue weighted by molar-refractivity contribution is 0.0941. The van der Waals surface area contributed by atoms with Crippen LogP contribution in [0.25, 0.3) is 5.70 Å². The number of benzene rings is 1. The van der Waals surface area contributed by atoms with Gasteiger partial charge in [-0.05, 0) is 36.0 Å². The van der Waals surface area contributed by atoms with Crippen LogP contribution in [0, 0.1) is 0 Å². The van der Waals surface area contributed by atoms with E-state index in [1.165, 1.54) is 49.7 Å². The quantitative estimate of drug-likeness (QED) is 0.267. The lowest BCUT2D eigenvalue weighted by Crippen LogP contribution is -2.33. The smallest absolute Gasteiger partial charge is 0.352 e. The molecule has 1 unspecified atom stereocenters. The first-order valence-electron chi connectivity index (χ1n) is 8.11. The number of nitrogens with one attached hydrogen (secondary N) is 2. The molecule has 2 aromatic rings. The van der Waals surface area contributed by atoms with E-state index in [4.69, 9.17) is 16.2 Å². The number of nitrogens with two attached hydrogens (primary N) is 2. The number of aromatic amines is 1. The van der Waals surface area contributed by atoms with Gasteiger partial charge in [0.1, 0.15) is 11.3 Å². The van der Waals surface area contributed by atoms with Gasteiger partial charge in [0.15, 0.2) is 11.6 Å². The summed E-state index contributed by atoms with van der Waals surface area (Å²) < 4.78 is 16.9. The summed E-state index contributed by atoms with van der Waals surface area (Å²) in [5, 5.41) is 2.17. The lowest BCUT2D eigenvalue weighted by Gasteiger charge is -2.20. The second kappa shape index (κ2) is 9.20. The number of methoxy groups -OCH3 is 1. The van der Waals surface area contributed by atoms with E-state index in [0.29, 0.717) is 5.75 Å². The number of allylic oxidation sites excluding steroid dienone is 2. The predicted octanol–water partition coefficient (Wildman–Crippen LogP) is 0.157. The van der Waals surface area contributed by atoms with Crippen molar-refractivity contribution < 1.29 is 23.9 Å². The molecule has 0 bridgehead atoms. The number of nitrogens with zero attached hydrogens (tertiary/aromatic N) is 1. The summed E-state index contributed by atoms with van der Waals surface area (Å²) in [6.07, 6.45) is 5.01. The number of H-pyrrole nitrogens is 1. The Morgan fingerprint density at radius 1 is 1.34 bits per heavy atom. The van der Waals surface area contributed by atoms with Crippen LogP contribution in [-0.4, -0.2) is 32.8 Å². The number of hydrogen-bond acceptors (Lipinski definition) is 7. The molecule has 12 heteroatoms. The van der Waals surface area contributed by atoms with E-state index in [2.05, 4.69) is 15.3 Å². The van der Waals surface area contributed by atoms with Crippen LogP contribution >= 0.6 is 7.60 Å². The maximum absolute atomic E-state index is 12.5. The van der Waals surface area contributed by atoms with Crippen molar-refractivity contribution >= 4 is 19.2 Å². The third-order valence-electron chi connectivity index (χ3n) is 3.74. The Bertz CT molecular complexity index is 1040. The number of rotatable bonds is 7. The SMILES string of the molecule is COc1ccc(C(NC(=O)c2cnc(/C(N)=C/C=C\N)[nH]c2=O)P(=O)(O)O)cc1. The molecule has 0 radical (unpaired) electrons. The zero-order valence-corrected chi connectivity index (χ0v) is 16.2. The van der Waals surface area contributed by atoms with Crippen LogP contribution < -0.4 is 27.1 Å². The van der Waals surface area contributed by atoms with E-state index >= 15 is 0 Å². The summed E-state index contributed by atoms with van der Waals surface area (Å²) in [5.41, 5.74) is 9.88. The molecule has 0 aliphatic heterocycles. The number of aromatic nitrogens is 2. The minimum atomic E-state index is -4.80. The molecular weight excluding hydrogens is 401 g/mol. The highest BCUT2D eigenvalue weighted by Gasteiger charge is 2.33. The topological polar surface area (TPSA) is 194 Å². The van der Waals surface area contributed by atoms with Crippen molar-refractivity contribution in [2.45, 2.75) is 5.78 Å². The van der Waals surface area contributed by atoms with Crippen LogP contribution in [0.15, 0.2) is 53.6 Å². The van der Waals surface area contributed by atoms with E-state index in [1.54, 1.807) is 0 Å². The minimum absolute atomic E-state index is 0.00587. The maximum Gasteiger partial charge on any atom is 0.352 e. The van der Waals surface area contributed by atoms with E-state index in [0.717, 1.165) is 6.20 Å². The number of carbonyl (C=O) groups is 1. The monoisotopic (exact) mass is 421 g/mol. The summed E-state index contributed by atoms with van der Waals surface area (Å²) >= 11 is 0. The molecule has 8 N–H and O–H groups in total. The fourth-order valence-electron chi connectivity index (χ4n) is 2.29. The van der Waals surface area contributed by atoms with E-state index in [9.17, 15) is 23.9 Å². The third-order valence-corrected chi connectivity index (χ3v) is 4.84. The second-order valence-electron chi connectivity index (χ2n) is 5.72. The van der Waals surface area contributed by atoms with Gasteiger partial charge in [-0.1, -0.05) is 12.1 Å². The van der Waals surface area contributed by atoms with Gasteiger partial charge in [0, 0.05) is 6.20 Å². The first-order valence-corrected chi connectivity index (χ1v) is 9.79. The van der Waals surface area contributed by atoms with Crippen molar-refractivity contribution in [2.24, 2.45) is 11.5 Å². The van der Waals surface area contributed by atoms with E-state index in [1.807, 2.05) is 0 Å². The van der Waals surface area contributed by atoms with Crippen molar-refractivity contribution in [3.63, 3.8) is 0 Å². The van der Waals surface area contributed by atoms with Gasteiger partial charge in [-0.15, -0.1) is 0 Å². The first-order chi connectivity index (χ1) is 13.7. The lowest BCUT2D eigenvalue weighted by atomic mass is 10.2. The molecule has 0 saturated carbocycles. The number of hydrogen-bond donors (Lipinski definition) is 6. The van der Waals surface area contributed by atoms with Gasteiger partial charge >= 0.3 is 7.60 Å². The van der Waals surface area contributed by atoms with Crippen molar-refractivity contribution in [1.29, 1.82) is 0 Å². The molecule has 0 aliphatic rings. The summed E-state index contributed by atoms with van der Waals surface area (Å²) in [6.45, 7) is 0. The predicted molar refractivity (Wildman–Crippen MR) is 106 cm³/mol. The highest BCUT2D eigenvalue weighted by atomic mass is 31.2. The molecule has 0 fully saturated rings. The average Bonchev–Trinajstić information content (AvgIpc) is 2.69. The highest BCUT2D eigenvalue weighted by Crippen LogP contribution is 2.50. The molecule has 2 rings (SSSR count). The molecule has 1 aromatic carbocycles. The van der Waals surface area contributed by atoms with Crippen LogP contribution in [0.2, 0.25) is 0 Å². The number of amides is 1. The average molecular weight is 421 g/mol. The molecule has 154 valence electrons. The Labute approximate surface area is 165 Å². The third kappa shape index (κ3) is 5.55. The maximum atomic E-state index is 12.5. The van der Waals surface area contributed by atoms with Gasteiger partial charge in [0.2, 0.25) is 0 Å². The van der Waals surface area contributed by atoms with Gasteiger partial charge in [0.25, 0.3) is 11.5 Å². The first kappa shape index (κ1) is 21.9. The summed E-state index contributed by atoms with van der Waals surface area (Å²) in [7, 11) is -3.36. The second-order valence-corrected chi connectivity index (χ2v) is 7.41. The van der Waals surface area contributed by atoms with Gasteiger partial charge in [0.05, 0.1) is 12.8 Å². The fraction of sp³-hybridized carbons (Fsp3) is 0.118. The zero-order valence-electron chi connectivity index (χ0n) is 15.3. The molecule has 1 aromatic heterocycles. The summed E-state index contributed by atoms with van der Waals surface area (Å²) in [4.78, 5) is 50.2. The number of carbonyl (C=O) groups excluding carboxylic acids is 1. The van der Waals surface area contributed by atoms with Gasteiger partial charge in [-0.25, -0.2) is 4.98 Å². The Balaban J connectivity index is 2.32. The van der Waals surface area contributed by atoms with Gasteiger partial charge in [-0.2, -0.15) is 0 Å². The van der Waals surface area contributed by atoms with Crippen molar-refractivity contribution in [3.8, 4) is 5.75 Å². The largest absolute Gasteiger partial charge is 0.497 e. The van der Waals surface area contributed by atoms with Crippen LogP contribution in [-0.2, 0) is 4.57 Å². The zero-order chi connectivity index (χ0) is 21.6.